The van der Waals surface area contributed by atoms with E-state index in [1.165, 1.54) is 35.6 Å². The molecule has 9 nitrogen and oxygen atoms in total. The van der Waals surface area contributed by atoms with Crippen LogP contribution in [0.3, 0.4) is 0 Å². The lowest BCUT2D eigenvalue weighted by atomic mass is 10.2. The summed E-state index contributed by atoms with van der Waals surface area (Å²) in [5.41, 5.74) is 1.08. The average molecular weight is 376 g/mol. The van der Waals surface area contributed by atoms with E-state index in [2.05, 4.69) is 10.3 Å². The zero-order chi connectivity index (χ0) is 18.7. The van der Waals surface area contributed by atoms with Gasteiger partial charge in [0.25, 0.3) is 11.6 Å². The fraction of sp³-hybridized carbons (Fsp3) is 0.312. The minimum absolute atomic E-state index is 0.0784. The molecule has 0 unspecified atom stereocenters. The van der Waals surface area contributed by atoms with E-state index < -0.39 is 10.8 Å². The summed E-state index contributed by atoms with van der Waals surface area (Å²) >= 11 is 1.30. The number of benzene rings is 1. The van der Waals surface area contributed by atoms with Gasteiger partial charge < -0.3 is 9.64 Å². The summed E-state index contributed by atoms with van der Waals surface area (Å²) in [5.74, 6) is -0.395. The summed E-state index contributed by atoms with van der Waals surface area (Å²) in [6.07, 6.45) is 0.237. The van der Waals surface area contributed by atoms with Gasteiger partial charge in [0.05, 0.1) is 23.8 Å². The monoisotopic (exact) mass is 376 g/mol. The molecule has 1 aliphatic rings. The van der Waals surface area contributed by atoms with Crippen molar-refractivity contribution in [2.45, 2.75) is 19.9 Å². The number of aromatic nitrogens is 1. The van der Waals surface area contributed by atoms with Crippen molar-refractivity contribution in [2.24, 2.45) is 0 Å². The maximum Gasteiger partial charge on any atom is 0.410 e. The molecule has 136 valence electrons. The van der Waals surface area contributed by atoms with Gasteiger partial charge in [-0.25, -0.2) is 9.78 Å². The molecule has 26 heavy (non-hydrogen) atoms. The number of amides is 2. The molecule has 2 heterocycles. The van der Waals surface area contributed by atoms with Gasteiger partial charge in [-0.1, -0.05) is 11.3 Å². The van der Waals surface area contributed by atoms with E-state index in [0.29, 0.717) is 36.8 Å². The van der Waals surface area contributed by atoms with E-state index in [1.54, 1.807) is 11.8 Å². The molecule has 0 aliphatic carbocycles. The van der Waals surface area contributed by atoms with E-state index in [1.807, 2.05) is 0 Å². The van der Waals surface area contributed by atoms with Gasteiger partial charge in [0.15, 0.2) is 5.13 Å². The molecule has 1 aliphatic heterocycles. The Morgan fingerprint density at radius 3 is 2.77 bits per heavy atom. The number of carbonyl (C=O) groups excluding carboxylic acids is 2. The number of thiazole rings is 1. The first kappa shape index (κ1) is 17.8. The first-order valence-electron chi connectivity index (χ1n) is 7.94. The van der Waals surface area contributed by atoms with Gasteiger partial charge in [-0.2, -0.15) is 0 Å². The highest BCUT2D eigenvalue weighted by molar-refractivity contribution is 7.15. The van der Waals surface area contributed by atoms with Crippen molar-refractivity contribution in [1.29, 1.82) is 0 Å². The number of anilines is 1. The van der Waals surface area contributed by atoms with Gasteiger partial charge in [0.2, 0.25) is 0 Å². The number of hydrogen-bond acceptors (Lipinski definition) is 7. The molecule has 0 saturated carbocycles. The fourth-order valence-electron chi connectivity index (χ4n) is 2.52. The number of nitro groups is 1. The molecular formula is C16H16N4O5S. The second-order valence-electron chi connectivity index (χ2n) is 5.52. The molecular weight excluding hydrogens is 360 g/mol. The molecule has 10 heteroatoms. The Hall–Kier alpha value is -3.01. The number of nitrogens with one attached hydrogen (secondary N) is 1. The normalized spacial score (nSPS) is 13.0. The summed E-state index contributed by atoms with van der Waals surface area (Å²) in [7, 11) is 0. The van der Waals surface area contributed by atoms with Crippen LogP contribution in [0.15, 0.2) is 24.3 Å². The fourth-order valence-corrected chi connectivity index (χ4v) is 3.54. The molecule has 1 aromatic carbocycles. The Kier molecular flexibility index (Phi) is 5.12. The molecule has 0 radical (unpaired) electrons. The maximum absolute atomic E-state index is 12.3. The van der Waals surface area contributed by atoms with Crippen LogP contribution in [0.1, 0.15) is 27.9 Å². The van der Waals surface area contributed by atoms with Crippen molar-refractivity contribution in [3.05, 3.63) is 50.5 Å². The van der Waals surface area contributed by atoms with E-state index in [-0.39, 0.29) is 11.8 Å². The highest BCUT2D eigenvalue weighted by Gasteiger charge is 2.25. The molecule has 1 N–H and O–H groups in total. The van der Waals surface area contributed by atoms with Crippen molar-refractivity contribution in [3.8, 4) is 0 Å². The Balaban J connectivity index is 1.67. The van der Waals surface area contributed by atoms with Crippen molar-refractivity contribution < 1.29 is 19.2 Å². The van der Waals surface area contributed by atoms with Gasteiger partial charge in [-0.05, 0) is 19.1 Å². The van der Waals surface area contributed by atoms with Crippen LogP contribution >= 0.6 is 11.3 Å². The van der Waals surface area contributed by atoms with Crippen LogP contribution in [0.4, 0.5) is 15.6 Å². The lowest BCUT2D eigenvalue weighted by molar-refractivity contribution is -0.384. The lowest BCUT2D eigenvalue weighted by Crippen LogP contribution is -2.35. The number of ether oxygens (including phenoxy) is 1. The largest absolute Gasteiger partial charge is 0.450 e. The van der Waals surface area contributed by atoms with Crippen LogP contribution < -0.4 is 5.32 Å². The quantitative estimate of drug-likeness (QED) is 0.648. The SMILES string of the molecule is CCOC(=O)N1CCc2nc(NC(=O)c3ccc([N+](=O)[O-])cc3)sc2C1. The van der Waals surface area contributed by atoms with E-state index >= 15 is 0 Å². The second kappa shape index (κ2) is 7.48. The molecule has 0 atom stereocenters. The maximum atomic E-state index is 12.3. The lowest BCUT2D eigenvalue weighted by Gasteiger charge is -2.24. The Morgan fingerprint density at radius 1 is 1.38 bits per heavy atom. The Labute approximate surface area is 152 Å². The minimum Gasteiger partial charge on any atom is -0.450 e. The zero-order valence-corrected chi connectivity index (χ0v) is 14.7. The van der Waals surface area contributed by atoms with Crippen LogP contribution in [0.2, 0.25) is 0 Å². The van der Waals surface area contributed by atoms with Crippen molar-refractivity contribution in [3.63, 3.8) is 0 Å². The van der Waals surface area contributed by atoms with E-state index in [4.69, 9.17) is 4.74 Å². The number of fused-ring (bicyclic) bond motifs is 1. The summed E-state index contributed by atoms with van der Waals surface area (Å²) < 4.78 is 5.01. The van der Waals surface area contributed by atoms with Crippen molar-refractivity contribution >= 4 is 34.2 Å². The predicted molar refractivity (Wildman–Crippen MR) is 94.3 cm³/mol. The third kappa shape index (κ3) is 3.80. The average Bonchev–Trinajstić information content (AvgIpc) is 3.03. The number of hydrogen-bond donors (Lipinski definition) is 1. The molecule has 0 saturated heterocycles. The molecule has 0 fully saturated rings. The summed E-state index contributed by atoms with van der Waals surface area (Å²) in [4.78, 5) is 41.1. The summed E-state index contributed by atoms with van der Waals surface area (Å²) in [6, 6.07) is 5.34. The highest BCUT2D eigenvalue weighted by atomic mass is 32.1. The van der Waals surface area contributed by atoms with Crippen LogP contribution in [0.25, 0.3) is 0 Å². The molecule has 1 aromatic heterocycles. The number of non-ortho nitro benzene ring substituents is 1. The Bertz CT molecular complexity index is 849. The number of rotatable bonds is 4. The van der Waals surface area contributed by atoms with Gasteiger partial charge >= 0.3 is 6.09 Å². The Morgan fingerprint density at radius 2 is 2.12 bits per heavy atom. The van der Waals surface area contributed by atoms with E-state index in [0.717, 1.165) is 10.6 Å². The molecule has 3 rings (SSSR count). The van der Waals surface area contributed by atoms with E-state index in [9.17, 15) is 19.7 Å². The number of nitro benzene ring substituents is 1. The second-order valence-corrected chi connectivity index (χ2v) is 6.60. The van der Waals surface area contributed by atoms with Crippen molar-refractivity contribution in [2.75, 3.05) is 18.5 Å². The van der Waals surface area contributed by atoms with Gasteiger partial charge in [-0.3, -0.25) is 20.2 Å². The molecule has 2 amide bonds. The third-order valence-electron chi connectivity index (χ3n) is 3.82. The van der Waals surface area contributed by atoms with Gasteiger partial charge in [-0.15, -0.1) is 0 Å². The number of carbonyl (C=O) groups is 2. The molecule has 2 aromatic rings. The van der Waals surface area contributed by atoms with Crippen LogP contribution in [-0.4, -0.2) is 40.0 Å². The first-order chi connectivity index (χ1) is 12.5. The molecule has 0 spiro atoms. The van der Waals surface area contributed by atoms with Crippen LogP contribution in [0, 0.1) is 10.1 Å². The van der Waals surface area contributed by atoms with Crippen LogP contribution in [0.5, 0.6) is 0 Å². The summed E-state index contributed by atoms with van der Waals surface area (Å²) in [6.45, 7) is 3.00. The van der Waals surface area contributed by atoms with Gasteiger partial charge in [0.1, 0.15) is 0 Å². The number of nitrogens with zero attached hydrogens (tertiary/aromatic N) is 3. The van der Waals surface area contributed by atoms with Gasteiger partial charge in [0, 0.05) is 35.5 Å². The smallest absolute Gasteiger partial charge is 0.410 e. The highest BCUT2D eigenvalue weighted by Crippen LogP contribution is 2.29. The van der Waals surface area contributed by atoms with Crippen LogP contribution in [-0.2, 0) is 17.7 Å². The standard InChI is InChI=1S/C16H16N4O5S/c1-2-25-16(22)19-8-7-12-13(9-19)26-15(17-12)18-14(21)10-3-5-11(6-4-10)20(23)24/h3-6H,2,7-9H2,1H3,(H,17,18,21). The molecule has 0 bridgehead atoms. The van der Waals surface area contributed by atoms with Crippen molar-refractivity contribution in [1.82, 2.24) is 9.88 Å². The predicted octanol–water partition coefficient (Wildman–Crippen LogP) is 2.82. The minimum atomic E-state index is -0.522. The summed E-state index contributed by atoms with van der Waals surface area (Å²) in [5, 5.41) is 13.8. The first-order valence-corrected chi connectivity index (χ1v) is 8.75. The third-order valence-corrected chi connectivity index (χ3v) is 4.82. The zero-order valence-electron chi connectivity index (χ0n) is 13.9. The topological polar surface area (TPSA) is 115 Å².